The van der Waals surface area contributed by atoms with Crippen LogP contribution in [-0.2, 0) is 25.7 Å². The van der Waals surface area contributed by atoms with Crippen molar-refractivity contribution in [2.75, 3.05) is 6.61 Å². The molecule has 0 N–H and O–H groups in total. The lowest BCUT2D eigenvalue weighted by atomic mass is 10.1. The molecule has 0 aliphatic heterocycles. The van der Waals surface area contributed by atoms with E-state index in [2.05, 4.69) is 6.92 Å². The van der Waals surface area contributed by atoms with Gasteiger partial charge in [-0.15, -0.1) is 0 Å². The van der Waals surface area contributed by atoms with E-state index in [4.69, 9.17) is 9.47 Å². The first kappa shape index (κ1) is 23.2. The summed E-state index contributed by atoms with van der Waals surface area (Å²) in [7, 11) is 0. The van der Waals surface area contributed by atoms with Crippen molar-refractivity contribution in [1.29, 1.82) is 0 Å². The average Bonchev–Trinajstić information content (AvgIpc) is 2.66. The summed E-state index contributed by atoms with van der Waals surface area (Å²) in [6.45, 7) is 5.08. The van der Waals surface area contributed by atoms with E-state index in [-0.39, 0.29) is 11.9 Å². The number of benzene rings is 1. The molecule has 0 saturated heterocycles. The Morgan fingerprint density at radius 3 is 2.00 bits per heavy atom. The first-order valence-corrected chi connectivity index (χ1v) is 10.5. The standard InChI is InChI=1S/C23H36O4/c1-3-4-13-18-26-22(24)16-9-7-5-6-8-10-17-23(25)27-19-21-15-12-11-14-20(21)2/h11-12,14-15H,3-10,13,16-19H2,1-2H3. The van der Waals surface area contributed by atoms with Gasteiger partial charge in [-0.3, -0.25) is 9.59 Å². The maximum atomic E-state index is 11.8. The second kappa shape index (κ2) is 15.2. The lowest BCUT2D eigenvalue weighted by molar-refractivity contribution is -0.145. The molecular weight excluding hydrogens is 340 g/mol. The van der Waals surface area contributed by atoms with Crippen LogP contribution in [-0.4, -0.2) is 18.5 Å². The summed E-state index contributed by atoms with van der Waals surface area (Å²) in [5.41, 5.74) is 2.21. The van der Waals surface area contributed by atoms with E-state index < -0.39 is 0 Å². The largest absolute Gasteiger partial charge is 0.466 e. The highest BCUT2D eigenvalue weighted by atomic mass is 16.5. The fourth-order valence-electron chi connectivity index (χ4n) is 2.86. The highest BCUT2D eigenvalue weighted by Gasteiger charge is 2.05. The van der Waals surface area contributed by atoms with Crippen LogP contribution in [0.5, 0.6) is 0 Å². The summed E-state index contributed by atoms with van der Waals surface area (Å²) in [5, 5.41) is 0. The highest BCUT2D eigenvalue weighted by Crippen LogP contribution is 2.12. The van der Waals surface area contributed by atoms with Crippen LogP contribution in [0.15, 0.2) is 24.3 Å². The Labute approximate surface area is 164 Å². The predicted molar refractivity (Wildman–Crippen MR) is 108 cm³/mol. The molecule has 1 aromatic carbocycles. The molecule has 0 amide bonds. The summed E-state index contributed by atoms with van der Waals surface area (Å²) in [4.78, 5) is 23.3. The van der Waals surface area contributed by atoms with Crippen molar-refractivity contribution in [1.82, 2.24) is 0 Å². The number of esters is 2. The highest BCUT2D eigenvalue weighted by molar-refractivity contribution is 5.69. The zero-order valence-electron chi connectivity index (χ0n) is 17.1. The Morgan fingerprint density at radius 2 is 1.37 bits per heavy atom. The van der Waals surface area contributed by atoms with Crippen molar-refractivity contribution in [2.24, 2.45) is 0 Å². The minimum Gasteiger partial charge on any atom is -0.466 e. The molecule has 0 unspecified atom stereocenters. The molecule has 0 aromatic heterocycles. The topological polar surface area (TPSA) is 52.6 Å². The average molecular weight is 377 g/mol. The van der Waals surface area contributed by atoms with Gasteiger partial charge in [-0.25, -0.2) is 0 Å². The quantitative estimate of drug-likeness (QED) is 0.283. The predicted octanol–water partition coefficient (Wildman–Crippen LogP) is 5.89. The van der Waals surface area contributed by atoms with Crippen LogP contribution < -0.4 is 0 Å². The second-order valence-corrected chi connectivity index (χ2v) is 7.14. The molecular formula is C23H36O4. The summed E-state index contributed by atoms with van der Waals surface area (Å²) >= 11 is 0. The monoisotopic (exact) mass is 376 g/mol. The van der Waals surface area contributed by atoms with Gasteiger partial charge in [0.1, 0.15) is 6.61 Å². The summed E-state index contributed by atoms with van der Waals surface area (Å²) < 4.78 is 10.5. The molecule has 152 valence electrons. The van der Waals surface area contributed by atoms with Crippen LogP contribution in [0.3, 0.4) is 0 Å². The number of ether oxygens (including phenoxy) is 2. The maximum Gasteiger partial charge on any atom is 0.306 e. The Balaban J connectivity index is 1.91. The number of carbonyl (C=O) groups is 2. The van der Waals surface area contributed by atoms with Crippen LogP contribution >= 0.6 is 0 Å². The molecule has 0 bridgehead atoms. The van der Waals surface area contributed by atoms with Crippen LogP contribution in [0.2, 0.25) is 0 Å². The van der Waals surface area contributed by atoms with Gasteiger partial charge in [0.25, 0.3) is 0 Å². The zero-order valence-corrected chi connectivity index (χ0v) is 17.1. The van der Waals surface area contributed by atoms with Gasteiger partial charge < -0.3 is 9.47 Å². The third kappa shape index (κ3) is 12.2. The molecule has 0 radical (unpaired) electrons. The summed E-state index contributed by atoms with van der Waals surface area (Å²) in [6.07, 6.45) is 10.3. The van der Waals surface area contributed by atoms with Crippen LogP contribution in [0.25, 0.3) is 0 Å². The fraction of sp³-hybridized carbons (Fsp3) is 0.652. The lowest BCUT2D eigenvalue weighted by Crippen LogP contribution is -2.05. The van der Waals surface area contributed by atoms with Crippen molar-refractivity contribution in [3.63, 3.8) is 0 Å². The second-order valence-electron chi connectivity index (χ2n) is 7.14. The number of hydrogen-bond donors (Lipinski definition) is 0. The van der Waals surface area contributed by atoms with E-state index in [0.717, 1.165) is 68.9 Å². The molecule has 1 rings (SSSR count). The molecule has 0 heterocycles. The van der Waals surface area contributed by atoms with Gasteiger partial charge in [0.05, 0.1) is 6.61 Å². The lowest BCUT2D eigenvalue weighted by Gasteiger charge is -2.07. The van der Waals surface area contributed by atoms with Crippen LogP contribution in [0.1, 0.15) is 88.7 Å². The van der Waals surface area contributed by atoms with Gasteiger partial charge in [-0.2, -0.15) is 0 Å². The third-order valence-corrected chi connectivity index (χ3v) is 4.67. The van der Waals surface area contributed by atoms with E-state index in [0.29, 0.717) is 26.1 Å². The van der Waals surface area contributed by atoms with Gasteiger partial charge in [-0.05, 0) is 37.3 Å². The Kier molecular flexibility index (Phi) is 13.1. The van der Waals surface area contributed by atoms with Crippen molar-refractivity contribution in [3.05, 3.63) is 35.4 Å². The maximum absolute atomic E-state index is 11.8. The molecule has 0 aliphatic rings. The van der Waals surface area contributed by atoms with Gasteiger partial charge in [0, 0.05) is 12.8 Å². The van der Waals surface area contributed by atoms with E-state index in [9.17, 15) is 9.59 Å². The Bertz CT molecular complexity index is 539. The van der Waals surface area contributed by atoms with Crippen molar-refractivity contribution in [2.45, 2.75) is 91.1 Å². The van der Waals surface area contributed by atoms with Gasteiger partial charge in [0.15, 0.2) is 0 Å². The SMILES string of the molecule is CCCCCOC(=O)CCCCCCCCC(=O)OCc1ccccc1C. The normalized spacial score (nSPS) is 10.6. The Hall–Kier alpha value is -1.84. The molecule has 0 spiro atoms. The zero-order chi connectivity index (χ0) is 19.7. The number of unbranched alkanes of at least 4 members (excludes halogenated alkanes) is 7. The van der Waals surface area contributed by atoms with Crippen LogP contribution in [0, 0.1) is 6.92 Å². The summed E-state index contributed by atoms with van der Waals surface area (Å²) in [6, 6.07) is 7.96. The van der Waals surface area contributed by atoms with E-state index in [1.54, 1.807) is 0 Å². The Morgan fingerprint density at radius 1 is 0.778 bits per heavy atom. The molecule has 4 heteroatoms. The molecule has 0 fully saturated rings. The number of hydrogen-bond acceptors (Lipinski definition) is 4. The minimum atomic E-state index is -0.121. The smallest absolute Gasteiger partial charge is 0.306 e. The fourth-order valence-corrected chi connectivity index (χ4v) is 2.86. The van der Waals surface area contributed by atoms with E-state index in [1.165, 1.54) is 0 Å². The van der Waals surface area contributed by atoms with Crippen molar-refractivity contribution in [3.8, 4) is 0 Å². The van der Waals surface area contributed by atoms with Gasteiger partial charge >= 0.3 is 11.9 Å². The number of aryl methyl sites for hydroxylation is 1. The third-order valence-electron chi connectivity index (χ3n) is 4.67. The molecule has 0 saturated carbocycles. The van der Waals surface area contributed by atoms with Gasteiger partial charge in [0.2, 0.25) is 0 Å². The van der Waals surface area contributed by atoms with Crippen LogP contribution in [0.4, 0.5) is 0 Å². The first-order valence-electron chi connectivity index (χ1n) is 10.5. The molecule has 0 atom stereocenters. The number of carbonyl (C=O) groups excluding carboxylic acids is 2. The number of rotatable bonds is 15. The minimum absolute atomic E-state index is 0.0671. The molecule has 27 heavy (non-hydrogen) atoms. The molecule has 0 aliphatic carbocycles. The molecule has 1 aromatic rings. The van der Waals surface area contributed by atoms with E-state index in [1.807, 2.05) is 31.2 Å². The van der Waals surface area contributed by atoms with E-state index >= 15 is 0 Å². The molecule has 4 nitrogen and oxygen atoms in total. The summed E-state index contributed by atoms with van der Waals surface area (Å²) in [5.74, 6) is -0.188. The van der Waals surface area contributed by atoms with Crippen molar-refractivity contribution < 1.29 is 19.1 Å². The van der Waals surface area contributed by atoms with Crippen molar-refractivity contribution >= 4 is 11.9 Å². The first-order chi connectivity index (χ1) is 13.1. The van der Waals surface area contributed by atoms with Gasteiger partial charge in [-0.1, -0.05) is 69.7 Å².